The van der Waals surface area contributed by atoms with Gasteiger partial charge >= 0.3 is 6.09 Å². The third-order valence-corrected chi connectivity index (χ3v) is 2.98. The molecule has 5 nitrogen and oxygen atoms in total. The Morgan fingerprint density at radius 2 is 2.17 bits per heavy atom. The van der Waals surface area contributed by atoms with Gasteiger partial charge in [-0.05, 0) is 27.7 Å². The molecule has 0 radical (unpaired) electrons. The number of carbonyl (C=O) groups is 1. The summed E-state index contributed by atoms with van der Waals surface area (Å²) in [7, 11) is 0. The second-order valence-corrected chi connectivity index (χ2v) is 5.52. The molecule has 3 atom stereocenters. The van der Waals surface area contributed by atoms with Crippen LogP contribution in [-0.2, 0) is 9.47 Å². The minimum atomic E-state index is -0.950. The summed E-state index contributed by atoms with van der Waals surface area (Å²) in [6.45, 7) is 11.5. The summed E-state index contributed by atoms with van der Waals surface area (Å²) in [6, 6.07) is -0.288. The van der Waals surface area contributed by atoms with Crippen LogP contribution < -0.4 is 0 Å². The van der Waals surface area contributed by atoms with Gasteiger partial charge in [0.15, 0.2) is 6.29 Å². The van der Waals surface area contributed by atoms with Crippen LogP contribution in [0.2, 0.25) is 0 Å². The number of hydrogen-bond acceptors (Lipinski definition) is 3. The van der Waals surface area contributed by atoms with E-state index in [1.165, 1.54) is 4.90 Å². The van der Waals surface area contributed by atoms with Crippen LogP contribution >= 0.6 is 0 Å². The van der Waals surface area contributed by atoms with Crippen molar-refractivity contribution in [3.63, 3.8) is 0 Å². The molecule has 0 aromatic carbocycles. The van der Waals surface area contributed by atoms with Gasteiger partial charge in [-0.15, -0.1) is 6.58 Å². The van der Waals surface area contributed by atoms with E-state index in [1.807, 2.05) is 27.7 Å². The Morgan fingerprint density at radius 3 is 2.56 bits per heavy atom. The first kappa shape index (κ1) is 15.0. The van der Waals surface area contributed by atoms with Crippen molar-refractivity contribution in [2.45, 2.75) is 58.1 Å². The van der Waals surface area contributed by atoms with E-state index in [9.17, 15) is 9.90 Å². The maximum atomic E-state index is 11.4. The lowest BCUT2D eigenvalue weighted by atomic mass is 10.0. The molecular weight excluding hydrogens is 234 g/mol. The molecule has 1 rings (SSSR count). The average Bonchev–Trinajstić information content (AvgIpc) is 2.19. The van der Waals surface area contributed by atoms with E-state index in [0.717, 1.165) is 0 Å². The van der Waals surface area contributed by atoms with Crippen molar-refractivity contribution in [2.75, 3.05) is 6.61 Å². The van der Waals surface area contributed by atoms with Gasteiger partial charge in [0.2, 0.25) is 0 Å². The van der Waals surface area contributed by atoms with Crippen molar-refractivity contribution in [2.24, 2.45) is 0 Å². The summed E-state index contributed by atoms with van der Waals surface area (Å²) < 4.78 is 11.2. The molecule has 0 aromatic heterocycles. The highest BCUT2D eigenvalue weighted by Gasteiger charge is 2.40. The van der Waals surface area contributed by atoms with E-state index >= 15 is 0 Å². The van der Waals surface area contributed by atoms with Gasteiger partial charge in [0.25, 0.3) is 0 Å². The Kier molecular flexibility index (Phi) is 4.76. The maximum absolute atomic E-state index is 11.4. The maximum Gasteiger partial charge on any atom is 0.408 e. The average molecular weight is 257 g/mol. The SMILES string of the molecule is C=CC[C@H]1OC[C@@H](N(C(=O)O)C(C)(C)C)[C@@H](C)O1. The standard InChI is InChI=1S/C13H23NO4/c1-6-7-11-17-8-10(9(2)18-11)14(12(15)16)13(3,4)5/h6,9-11H,1,7-8H2,2-5H3,(H,15,16)/t9-,10-,11+/m1/s1. The molecule has 1 fully saturated rings. The Bertz CT molecular complexity index is 311. The Morgan fingerprint density at radius 1 is 1.56 bits per heavy atom. The van der Waals surface area contributed by atoms with Gasteiger partial charge in [0, 0.05) is 12.0 Å². The highest BCUT2D eigenvalue weighted by molar-refractivity contribution is 5.66. The fraction of sp³-hybridized carbons (Fsp3) is 0.769. The Labute approximate surface area is 108 Å². The van der Waals surface area contributed by atoms with Gasteiger partial charge in [0.1, 0.15) is 0 Å². The van der Waals surface area contributed by atoms with Crippen LogP contribution in [-0.4, -0.2) is 46.7 Å². The van der Waals surface area contributed by atoms with Crippen LogP contribution in [0, 0.1) is 0 Å². The van der Waals surface area contributed by atoms with Gasteiger partial charge in [-0.25, -0.2) is 4.79 Å². The summed E-state index contributed by atoms with van der Waals surface area (Å²) >= 11 is 0. The first-order valence-corrected chi connectivity index (χ1v) is 6.17. The normalized spacial score (nSPS) is 28.8. The van der Waals surface area contributed by atoms with Crippen LogP contribution in [0.1, 0.15) is 34.1 Å². The van der Waals surface area contributed by atoms with E-state index in [0.29, 0.717) is 13.0 Å². The van der Waals surface area contributed by atoms with E-state index in [4.69, 9.17) is 9.47 Å². The summed E-state index contributed by atoms with van der Waals surface area (Å²) in [5.41, 5.74) is -0.483. The summed E-state index contributed by atoms with van der Waals surface area (Å²) in [5, 5.41) is 9.35. The highest BCUT2D eigenvalue weighted by atomic mass is 16.7. The first-order valence-electron chi connectivity index (χ1n) is 6.17. The molecule has 1 heterocycles. The monoisotopic (exact) mass is 257 g/mol. The fourth-order valence-electron chi connectivity index (χ4n) is 2.18. The summed E-state index contributed by atoms with van der Waals surface area (Å²) in [6.07, 6.45) is 0.882. The van der Waals surface area contributed by atoms with E-state index in [2.05, 4.69) is 6.58 Å². The number of carboxylic acid groups (broad SMARTS) is 1. The predicted octanol–water partition coefficient (Wildman–Crippen LogP) is 2.47. The molecule has 0 saturated carbocycles. The molecule has 0 bridgehead atoms. The van der Waals surface area contributed by atoms with Crippen molar-refractivity contribution in [1.82, 2.24) is 4.90 Å². The van der Waals surface area contributed by atoms with Crippen molar-refractivity contribution in [1.29, 1.82) is 0 Å². The third kappa shape index (κ3) is 3.46. The predicted molar refractivity (Wildman–Crippen MR) is 68.5 cm³/mol. The summed E-state index contributed by atoms with van der Waals surface area (Å²) in [4.78, 5) is 12.8. The smallest absolute Gasteiger partial charge is 0.408 e. The Hall–Kier alpha value is -1.07. The van der Waals surface area contributed by atoms with Gasteiger partial charge in [-0.2, -0.15) is 0 Å². The topological polar surface area (TPSA) is 59.0 Å². The zero-order valence-electron chi connectivity index (χ0n) is 11.5. The number of nitrogens with zero attached hydrogens (tertiary/aromatic N) is 1. The van der Waals surface area contributed by atoms with Gasteiger partial charge in [0.05, 0.1) is 18.8 Å². The quantitative estimate of drug-likeness (QED) is 0.789. The lowest BCUT2D eigenvalue weighted by molar-refractivity contribution is -0.234. The first-order chi connectivity index (χ1) is 8.27. The Balaban J connectivity index is 2.77. The zero-order valence-corrected chi connectivity index (χ0v) is 11.5. The van der Waals surface area contributed by atoms with E-state index < -0.39 is 11.6 Å². The molecule has 1 amide bonds. The largest absolute Gasteiger partial charge is 0.465 e. The van der Waals surface area contributed by atoms with E-state index in [-0.39, 0.29) is 18.4 Å². The van der Waals surface area contributed by atoms with Crippen molar-refractivity contribution in [3.05, 3.63) is 12.7 Å². The minimum absolute atomic E-state index is 0.195. The van der Waals surface area contributed by atoms with Gasteiger partial charge < -0.3 is 14.6 Å². The van der Waals surface area contributed by atoms with Crippen LogP contribution in [0.3, 0.4) is 0 Å². The number of rotatable bonds is 3. The van der Waals surface area contributed by atoms with Crippen molar-refractivity contribution in [3.8, 4) is 0 Å². The zero-order chi connectivity index (χ0) is 13.9. The van der Waals surface area contributed by atoms with Crippen LogP contribution in [0.15, 0.2) is 12.7 Å². The van der Waals surface area contributed by atoms with Crippen LogP contribution in [0.4, 0.5) is 4.79 Å². The van der Waals surface area contributed by atoms with Crippen LogP contribution in [0.25, 0.3) is 0 Å². The molecule has 5 heteroatoms. The molecule has 1 saturated heterocycles. The molecule has 0 unspecified atom stereocenters. The minimum Gasteiger partial charge on any atom is -0.465 e. The molecule has 0 spiro atoms. The fourth-order valence-corrected chi connectivity index (χ4v) is 2.18. The van der Waals surface area contributed by atoms with Gasteiger partial charge in [-0.1, -0.05) is 6.08 Å². The molecule has 0 aromatic rings. The molecule has 1 aliphatic rings. The lowest BCUT2D eigenvalue weighted by Crippen LogP contribution is -2.59. The van der Waals surface area contributed by atoms with E-state index in [1.54, 1.807) is 6.08 Å². The van der Waals surface area contributed by atoms with Crippen LogP contribution in [0.5, 0.6) is 0 Å². The van der Waals surface area contributed by atoms with Crippen molar-refractivity contribution >= 4 is 6.09 Å². The molecular formula is C13H23NO4. The molecule has 1 N–H and O–H groups in total. The highest BCUT2D eigenvalue weighted by Crippen LogP contribution is 2.25. The number of ether oxygens (including phenoxy) is 2. The third-order valence-electron chi connectivity index (χ3n) is 2.98. The molecule has 18 heavy (non-hydrogen) atoms. The van der Waals surface area contributed by atoms with Crippen molar-refractivity contribution < 1.29 is 19.4 Å². The second kappa shape index (κ2) is 5.71. The van der Waals surface area contributed by atoms with Gasteiger partial charge in [-0.3, -0.25) is 4.90 Å². The molecule has 1 aliphatic heterocycles. The molecule has 0 aliphatic carbocycles. The second-order valence-electron chi connectivity index (χ2n) is 5.52. The lowest BCUT2D eigenvalue weighted by Gasteiger charge is -2.45. The number of amides is 1. The summed E-state index contributed by atoms with van der Waals surface area (Å²) in [5.74, 6) is 0. The molecule has 104 valence electrons. The number of hydrogen-bond donors (Lipinski definition) is 1.